The monoisotopic (exact) mass is 324 g/mol. The number of carbonyl (C=O) groups excluding carboxylic acids is 2. The Kier molecular flexibility index (Phi) is 4.86. The van der Waals surface area contributed by atoms with Gasteiger partial charge in [0.2, 0.25) is 11.8 Å². The van der Waals surface area contributed by atoms with Gasteiger partial charge in [-0.2, -0.15) is 0 Å². The summed E-state index contributed by atoms with van der Waals surface area (Å²) >= 11 is 0. The lowest BCUT2D eigenvalue weighted by molar-refractivity contribution is -0.117. The smallest absolute Gasteiger partial charge is 0.228 e. The SMILES string of the molecule is NC(CC(=O)Nc1ccc(NC(=O)C2CC2)nc1)c1ccccc1. The summed E-state index contributed by atoms with van der Waals surface area (Å²) in [7, 11) is 0. The first-order valence-corrected chi connectivity index (χ1v) is 7.99. The van der Waals surface area contributed by atoms with Crippen molar-refractivity contribution in [1.82, 2.24) is 4.98 Å². The second-order valence-corrected chi connectivity index (χ2v) is 5.97. The fourth-order valence-electron chi connectivity index (χ4n) is 2.35. The molecule has 6 heteroatoms. The highest BCUT2D eigenvalue weighted by atomic mass is 16.2. The van der Waals surface area contributed by atoms with E-state index in [1.165, 1.54) is 6.20 Å². The first kappa shape index (κ1) is 16.1. The van der Waals surface area contributed by atoms with E-state index in [2.05, 4.69) is 15.6 Å². The van der Waals surface area contributed by atoms with Crippen molar-refractivity contribution in [3.8, 4) is 0 Å². The first-order valence-electron chi connectivity index (χ1n) is 7.99. The standard InChI is InChI=1S/C18H20N4O2/c19-15(12-4-2-1-3-5-12)10-17(23)21-14-8-9-16(20-11-14)22-18(24)13-6-7-13/h1-5,8-9,11,13,15H,6-7,10,19H2,(H,21,23)(H,20,22,24). The molecule has 1 aromatic carbocycles. The van der Waals surface area contributed by atoms with Gasteiger partial charge in [-0.3, -0.25) is 9.59 Å². The highest BCUT2D eigenvalue weighted by Gasteiger charge is 2.29. The number of aromatic nitrogens is 1. The molecule has 1 fully saturated rings. The van der Waals surface area contributed by atoms with Gasteiger partial charge in [-0.25, -0.2) is 4.98 Å². The maximum absolute atomic E-state index is 12.1. The summed E-state index contributed by atoms with van der Waals surface area (Å²) in [5.41, 5.74) is 7.53. The number of benzene rings is 1. The maximum atomic E-state index is 12.1. The zero-order valence-corrected chi connectivity index (χ0v) is 13.2. The van der Waals surface area contributed by atoms with Gasteiger partial charge in [0.05, 0.1) is 11.9 Å². The molecule has 1 atom stereocenters. The third-order valence-corrected chi connectivity index (χ3v) is 3.88. The topological polar surface area (TPSA) is 97.1 Å². The quantitative estimate of drug-likeness (QED) is 0.760. The predicted molar refractivity (Wildman–Crippen MR) is 92.2 cm³/mol. The number of rotatable bonds is 6. The fourth-order valence-corrected chi connectivity index (χ4v) is 2.35. The van der Waals surface area contributed by atoms with E-state index in [1.54, 1.807) is 12.1 Å². The van der Waals surface area contributed by atoms with Crippen molar-refractivity contribution < 1.29 is 9.59 Å². The van der Waals surface area contributed by atoms with E-state index in [-0.39, 0.29) is 30.2 Å². The van der Waals surface area contributed by atoms with Gasteiger partial charge in [-0.1, -0.05) is 30.3 Å². The number of hydrogen-bond acceptors (Lipinski definition) is 4. The average molecular weight is 324 g/mol. The van der Waals surface area contributed by atoms with E-state index in [9.17, 15) is 9.59 Å². The van der Waals surface area contributed by atoms with Gasteiger partial charge in [0.1, 0.15) is 5.82 Å². The molecule has 0 radical (unpaired) electrons. The lowest BCUT2D eigenvalue weighted by Crippen LogP contribution is -2.20. The molecule has 1 aliphatic carbocycles. The summed E-state index contributed by atoms with van der Waals surface area (Å²) in [6.45, 7) is 0. The van der Waals surface area contributed by atoms with Crippen molar-refractivity contribution in [2.45, 2.75) is 25.3 Å². The van der Waals surface area contributed by atoms with Crippen LogP contribution in [0.5, 0.6) is 0 Å². The normalized spacial score (nSPS) is 14.7. The number of nitrogens with two attached hydrogens (primary N) is 1. The molecule has 0 bridgehead atoms. The first-order chi connectivity index (χ1) is 11.6. The Hall–Kier alpha value is -2.73. The molecule has 0 saturated heterocycles. The van der Waals surface area contributed by atoms with Crippen LogP contribution < -0.4 is 16.4 Å². The Morgan fingerprint density at radius 3 is 2.50 bits per heavy atom. The van der Waals surface area contributed by atoms with Crippen LogP contribution in [-0.4, -0.2) is 16.8 Å². The second-order valence-electron chi connectivity index (χ2n) is 5.97. The Morgan fingerprint density at radius 1 is 1.12 bits per heavy atom. The molecule has 1 aliphatic rings. The van der Waals surface area contributed by atoms with E-state index in [0.29, 0.717) is 11.5 Å². The molecule has 1 heterocycles. The lowest BCUT2D eigenvalue weighted by atomic mass is 10.0. The molecular formula is C18H20N4O2. The van der Waals surface area contributed by atoms with E-state index >= 15 is 0 Å². The van der Waals surface area contributed by atoms with Gasteiger partial charge in [0.25, 0.3) is 0 Å². The zero-order chi connectivity index (χ0) is 16.9. The number of nitrogens with zero attached hydrogens (tertiary/aromatic N) is 1. The van der Waals surface area contributed by atoms with Crippen molar-refractivity contribution in [2.24, 2.45) is 11.7 Å². The molecule has 1 aromatic heterocycles. The van der Waals surface area contributed by atoms with E-state index in [4.69, 9.17) is 5.73 Å². The van der Waals surface area contributed by atoms with Crippen LogP contribution in [0.1, 0.15) is 30.9 Å². The molecule has 6 nitrogen and oxygen atoms in total. The summed E-state index contributed by atoms with van der Waals surface area (Å²) in [6, 6.07) is 12.5. The Balaban J connectivity index is 1.51. The van der Waals surface area contributed by atoms with Crippen LogP contribution in [-0.2, 0) is 9.59 Å². The Labute approximate surface area is 140 Å². The summed E-state index contributed by atoms with van der Waals surface area (Å²) in [6.07, 6.45) is 3.60. The molecule has 124 valence electrons. The van der Waals surface area contributed by atoms with E-state index < -0.39 is 0 Å². The van der Waals surface area contributed by atoms with Gasteiger partial charge in [0.15, 0.2) is 0 Å². The summed E-state index contributed by atoms with van der Waals surface area (Å²) < 4.78 is 0. The molecule has 1 saturated carbocycles. The highest BCUT2D eigenvalue weighted by molar-refractivity contribution is 5.94. The van der Waals surface area contributed by atoms with Gasteiger partial charge >= 0.3 is 0 Å². The number of pyridine rings is 1. The highest BCUT2D eigenvalue weighted by Crippen LogP contribution is 2.30. The molecule has 0 spiro atoms. The molecule has 2 aromatic rings. The Bertz CT molecular complexity index is 712. The van der Waals surface area contributed by atoms with Crippen LogP contribution in [0.25, 0.3) is 0 Å². The van der Waals surface area contributed by atoms with E-state index in [1.807, 2.05) is 30.3 Å². The molecule has 1 unspecified atom stereocenters. The van der Waals surface area contributed by atoms with Crippen molar-refractivity contribution in [1.29, 1.82) is 0 Å². The van der Waals surface area contributed by atoms with Crippen molar-refractivity contribution in [3.63, 3.8) is 0 Å². The number of hydrogen-bond donors (Lipinski definition) is 3. The molecule has 0 aliphatic heterocycles. The molecule has 4 N–H and O–H groups in total. The number of carbonyl (C=O) groups is 2. The van der Waals surface area contributed by atoms with Crippen LogP contribution in [0.3, 0.4) is 0 Å². The van der Waals surface area contributed by atoms with Crippen LogP contribution >= 0.6 is 0 Å². The van der Waals surface area contributed by atoms with E-state index in [0.717, 1.165) is 18.4 Å². The summed E-state index contributed by atoms with van der Waals surface area (Å²) in [5.74, 6) is 0.451. The van der Waals surface area contributed by atoms with Gasteiger partial charge < -0.3 is 16.4 Å². The fraction of sp³-hybridized carbons (Fsp3) is 0.278. The molecular weight excluding hydrogens is 304 g/mol. The van der Waals surface area contributed by atoms with Crippen LogP contribution in [0.2, 0.25) is 0 Å². The van der Waals surface area contributed by atoms with Crippen LogP contribution in [0.4, 0.5) is 11.5 Å². The van der Waals surface area contributed by atoms with Crippen LogP contribution in [0, 0.1) is 5.92 Å². The van der Waals surface area contributed by atoms with Crippen LogP contribution in [0.15, 0.2) is 48.7 Å². The largest absolute Gasteiger partial charge is 0.325 e. The second kappa shape index (κ2) is 7.23. The lowest BCUT2D eigenvalue weighted by Gasteiger charge is -2.12. The average Bonchev–Trinajstić information content (AvgIpc) is 3.42. The van der Waals surface area contributed by atoms with Gasteiger partial charge in [0, 0.05) is 18.4 Å². The minimum Gasteiger partial charge on any atom is -0.325 e. The van der Waals surface area contributed by atoms with Crippen molar-refractivity contribution >= 4 is 23.3 Å². The van der Waals surface area contributed by atoms with Gasteiger partial charge in [-0.05, 0) is 30.5 Å². The third kappa shape index (κ3) is 4.39. The number of anilines is 2. The zero-order valence-electron chi connectivity index (χ0n) is 13.2. The van der Waals surface area contributed by atoms with Crippen molar-refractivity contribution in [2.75, 3.05) is 10.6 Å². The number of nitrogens with one attached hydrogen (secondary N) is 2. The molecule has 24 heavy (non-hydrogen) atoms. The minimum absolute atomic E-state index is 0.00752. The Morgan fingerprint density at radius 2 is 1.88 bits per heavy atom. The van der Waals surface area contributed by atoms with Crippen molar-refractivity contribution in [3.05, 3.63) is 54.2 Å². The van der Waals surface area contributed by atoms with Gasteiger partial charge in [-0.15, -0.1) is 0 Å². The molecule has 2 amide bonds. The third-order valence-electron chi connectivity index (χ3n) is 3.88. The number of amides is 2. The summed E-state index contributed by atoms with van der Waals surface area (Å²) in [5, 5.41) is 5.52. The minimum atomic E-state index is -0.351. The maximum Gasteiger partial charge on any atom is 0.228 e. The summed E-state index contributed by atoms with van der Waals surface area (Å²) in [4.78, 5) is 27.9. The molecule has 3 rings (SSSR count). The predicted octanol–water partition coefficient (Wildman–Crippen LogP) is 2.46.